The highest BCUT2D eigenvalue weighted by Crippen LogP contribution is 2.42. The number of amides is 1. The Balaban J connectivity index is 1.31. The van der Waals surface area contributed by atoms with Crippen LogP contribution in [0.15, 0.2) is 66.7 Å². The van der Waals surface area contributed by atoms with Crippen molar-refractivity contribution in [1.82, 2.24) is 14.8 Å². The second-order valence-electron chi connectivity index (χ2n) is 10.1. The third kappa shape index (κ3) is 4.91. The number of nitrogens with one attached hydrogen (secondary N) is 1. The van der Waals surface area contributed by atoms with E-state index in [1.54, 1.807) is 6.08 Å². The van der Waals surface area contributed by atoms with E-state index >= 15 is 0 Å². The van der Waals surface area contributed by atoms with Crippen LogP contribution < -0.4 is 19.9 Å². The van der Waals surface area contributed by atoms with Crippen LogP contribution in [0.5, 0.6) is 17.2 Å². The standard InChI is InChI=1S/C31H32N4O4/c1-34(2)15-16-37-27-17-20(7-10-24(27)32)8-12-29(36)35-14-13-23-22-5-3-4-6-25(22)33-30(23)31(35)21-9-11-26-28(18-21)39-19-38-26/h3-12,17-18,31,33H,13-16,19,32H2,1-2H3/b12-8+. The number of benzene rings is 3. The summed E-state index contributed by atoms with van der Waals surface area (Å²) >= 11 is 0. The number of para-hydroxylation sites is 1. The highest BCUT2D eigenvalue weighted by atomic mass is 16.7. The lowest BCUT2D eigenvalue weighted by atomic mass is 9.92. The average Bonchev–Trinajstić information content (AvgIpc) is 3.56. The number of hydrogen-bond acceptors (Lipinski definition) is 6. The number of rotatable bonds is 7. The van der Waals surface area contributed by atoms with E-state index < -0.39 is 0 Å². The smallest absolute Gasteiger partial charge is 0.247 e. The number of aromatic amines is 1. The first-order valence-corrected chi connectivity index (χ1v) is 13.1. The van der Waals surface area contributed by atoms with E-state index in [2.05, 4.69) is 23.2 Å². The van der Waals surface area contributed by atoms with Gasteiger partial charge in [-0.05, 0) is 73.6 Å². The number of nitrogens with zero attached hydrogens (tertiary/aromatic N) is 2. The molecule has 1 amide bonds. The van der Waals surface area contributed by atoms with E-state index in [9.17, 15) is 4.79 Å². The lowest BCUT2D eigenvalue weighted by molar-refractivity contribution is -0.128. The van der Waals surface area contributed by atoms with Gasteiger partial charge in [-0.1, -0.05) is 30.3 Å². The summed E-state index contributed by atoms with van der Waals surface area (Å²) in [5.74, 6) is 1.96. The Morgan fingerprint density at radius 3 is 2.85 bits per heavy atom. The Morgan fingerprint density at radius 2 is 1.97 bits per heavy atom. The normalized spacial score (nSPS) is 16.3. The summed E-state index contributed by atoms with van der Waals surface area (Å²) < 4.78 is 17.1. The van der Waals surface area contributed by atoms with Crippen LogP contribution in [0.4, 0.5) is 5.69 Å². The number of hydrogen-bond donors (Lipinski definition) is 2. The molecule has 0 spiro atoms. The maximum absolute atomic E-state index is 13.7. The number of H-pyrrole nitrogens is 1. The molecule has 6 rings (SSSR count). The van der Waals surface area contributed by atoms with Crippen molar-refractivity contribution >= 4 is 28.6 Å². The molecule has 1 atom stereocenters. The molecule has 3 heterocycles. The molecule has 0 fully saturated rings. The van der Waals surface area contributed by atoms with Gasteiger partial charge in [-0.15, -0.1) is 0 Å². The largest absolute Gasteiger partial charge is 0.490 e. The maximum atomic E-state index is 13.7. The maximum Gasteiger partial charge on any atom is 0.247 e. The second-order valence-corrected chi connectivity index (χ2v) is 10.1. The minimum Gasteiger partial charge on any atom is -0.490 e. The Kier molecular flexibility index (Phi) is 6.62. The van der Waals surface area contributed by atoms with E-state index in [0.717, 1.165) is 41.1 Å². The van der Waals surface area contributed by atoms with Crippen LogP contribution in [-0.2, 0) is 11.2 Å². The molecule has 2 aliphatic rings. The quantitative estimate of drug-likeness (QED) is 0.271. The topological polar surface area (TPSA) is 93.0 Å². The molecule has 0 radical (unpaired) electrons. The highest BCUT2D eigenvalue weighted by Gasteiger charge is 2.34. The summed E-state index contributed by atoms with van der Waals surface area (Å²) in [7, 11) is 3.99. The number of nitrogens with two attached hydrogens (primary N) is 1. The summed E-state index contributed by atoms with van der Waals surface area (Å²) in [6.45, 7) is 2.11. The number of ether oxygens (including phenoxy) is 3. The van der Waals surface area contributed by atoms with Crippen LogP contribution in [0.3, 0.4) is 0 Å². The molecule has 0 saturated carbocycles. The number of nitrogen functional groups attached to an aromatic ring is 1. The first kappa shape index (κ1) is 24.9. The van der Waals surface area contributed by atoms with E-state index in [-0.39, 0.29) is 18.7 Å². The molecule has 4 aromatic rings. The van der Waals surface area contributed by atoms with E-state index in [0.29, 0.717) is 30.3 Å². The van der Waals surface area contributed by atoms with Crippen molar-refractivity contribution in [2.75, 3.05) is 46.3 Å². The molecule has 3 N–H and O–H groups in total. The molecular weight excluding hydrogens is 492 g/mol. The van der Waals surface area contributed by atoms with Gasteiger partial charge in [-0.2, -0.15) is 0 Å². The van der Waals surface area contributed by atoms with Crippen molar-refractivity contribution in [2.45, 2.75) is 12.5 Å². The third-order valence-electron chi connectivity index (χ3n) is 7.28. The van der Waals surface area contributed by atoms with Gasteiger partial charge in [0.05, 0.1) is 11.7 Å². The number of likely N-dealkylation sites (N-methyl/N-ethyl adjacent to an activating group) is 1. The Morgan fingerprint density at radius 1 is 1.13 bits per heavy atom. The Bertz CT molecular complexity index is 1560. The number of aromatic nitrogens is 1. The highest BCUT2D eigenvalue weighted by molar-refractivity contribution is 5.93. The van der Waals surface area contributed by atoms with Gasteiger partial charge in [-0.25, -0.2) is 0 Å². The fraction of sp³-hybridized carbons (Fsp3) is 0.258. The Labute approximate surface area is 227 Å². The fourth-order valence-electron chi connectivity index (χ4n) is 5.29. The molecule has 1 aromatic heterocycles. The average molecular weight is 525 g/mol. The van der Waals surface area contributed by atoms with Crippen LogP contribution in [-0.4, -0.2) is 61.3 Å². The van der Waals surface area contributed by atoms with Crippen LogP contribution in [0, 0.1) is 0 Å². The molecule has 0 bridgehead atoms. The van der Waals surface area contributed by atoms with E-state index in [4.69, 9.17) is 19.9 Å². The van der Waals surface area contributed by atoms with Crippen LogP contribution in [0.1, 0.15) is 28.4 Å². The molecule has 2 aliphatic heterocycles. The minimum absolute atomic E-state index is 0.0751. The molecule has 3 aromatic carbocycles. The van der Waals surface area contributed by atoms with Crippen molar-refractivity contribution in [1.29, 1.82) is 0 Å². The summed E-state index contributed by atoms with van der Waals surface area (Å²) in [5, 5.41) is 1.20. The zero-order chi connectivity index (χ0) is 26.9. The van der Waals surface area contributed by atoms with Gasteiger partial charge in [0.2, 0.25) is 12.7 Å². The number of fused-ring (bicyclic) bond motifs is 4. The lowest BCUT2D eigenvalue weighted by Gasteiger charge is -2.35. The molecule has 0 aliphatic carbocycles. The number of carbonyl (C=O) groups excluding carboxylic acids is 1. The van der Waals surface area contributed by atoms with Crippen molar-refractivity contribution in [3.63, 3.8) is 0 Å². The predicted molar refractivity (Wildman–Crippen MR) is 152 cm³/mol. The predicted octanol–water partition coefficient (Wildman–Crippen LogP) is 4.61. The molecule has 200 valence electrons. The number of anilines is 1. The van der Waals surface area contributed by atoms with Crippen LogP contribution >= 0.6 is 0 Å². The van der Waals surface area contributed by atoms with Crippen molar-refractivity contribution < 1.29 is 19.0 Å². The van der Waals surface area contributed by atoms with E-state index in [1.165, 1.54) is 10.9 Å². The summed E-state index contributed by atoms with van der Waals surface area (Å²) in [6.07, 6.45) is 4.21. The van der Waals surface area contributed by atoms with Crippen molar-refractivity contribution in [2.24, 2.45) is 0 Å². The van der Waals surface area contributed by atoms with Gasteiger partial charge in [0, 0.05) is 35.8 Å². The molecule has 39 heavy (non-hydrogen) atoms. The Hall–Kier alpha value is -4.43. The van der Waals surface area contributed by atoms with Gasteiger partial charge in [0.1, 0.15) is 12.4 Å². The van der Waals surface area contributed by atoms with Crippen molar-refractivity contribution in [3.8, 4) is 17.2 Å². The minimum atomic E-state index is -0.288. The fourth-order valence-corrected chi connectivity index (χ4v) is 5.29. The van der Waals surface area contributed by atoms with Gasteiger partial charge in [0.25, 0.3) is 0 Å². The summed E-state index contributed by atoms with van der Waals surface area (Å²) in [6, 6.07) is 19.5. The zero-order valence-electron chi connectivity index (χ0n) is 22.1. The molecule has 0 saturated heterocycles. The van der Waals surface area contributed by atoms with Gasteiger partial charge >= 0.3 is 0 Å². The molecular formula is C31H32N4O4. The second kappa shape index (κ2) is 10.4. The van der Waals surface area contributed by atoms with Crippen LogP contribution in [0.2, 0.25) is 0 Å². The molecule has 1 unspecified atom stereocenters. The van der Waals surface area contributed by atoms with Gasteiger partial charge in [0.15, 0.2) is 11.5 Å². The van der Waals surface area contributed by atoms with Crippen LogP contribution in [0.25, 0.3) is 17.0 Å². The first-order chi connectivity index (χ1) is 19.0. The van der Waals surface area contributed by atoms with Crippen molar-refractivity contribution in [3.05, 3.63) is 89.1 Å². The summed E-state index contributed by atoms with van der Waals surface area (Å²) in [5.41, 5.74) is 11.9. The molecule has 8 nitrogen and oxygen atoms in total. The third-order valence-corrected chi connectivity index (χ3v) is 7.28. The number of carbonyl (C=O) groups is 1. The molecule has 8 heteroatoms. The van der Waals surface area contributed by atoms with Gasteiger partial charge < -0.3 is 34.7 Å². The van der Waals surface area contributed by atoms with E-state index in [1.807, 2.05) is 72.4 Å². The SMILES string of the molecule is CN(C)CCOc1cc(/C=C/C(=O)N2CCc3c([nH]c4ccccc34)C2c2ccc3c(c2)OCO3)ccc1N. The van der Waals surface area contributed by atoms with Gasteiger partial charge in [-0.3, -0.25) is 4.79 Å². The zero-order valence-corrected chi connectivity index (χ0v) is 22.1. The summed E-state index contributed by atoms with van der Waals surface area (Å²) in [4.78, 5) is 21.3. The first-order valence-electron chi connectivity index (χ1n) is 13.1. The monoisotopic (exact) mass is 524 g/mol. The lowest BCUT2D eigenvalue weighted by Crippen LogP contribution is -2.39.